The molecule has 0 atom stereocenters. The lowest BCUT2D eigenvalue weighted by Gasteiger charge is -2.22. The van der Waals surface area contributed by atoms with Gasteiger partial charge in [-0.3, -0.25) is 4.40 Å². The molecule has 0 fully saturated rings. The molecule has 0 saturated carbocycles. The lowest BCUT2D eigenvalue weighted by atomic mass is 10.2. The zero-order valence-corrected chi connectivity index (χ0v) is 19.4. The highest BCUT2D eigenvalue weighted by atomic mass is 32.2. The Labute approximate surface area is 194 Å². The highest BCUT2D eigenvalue weighted by Gasteiger charge is 2.33. The quantitative estimate of drug-likeness (QED) is 0.315. The summed E-state index contributed by atoms with van der Waals surface area (Å²) in [6, 6.07) is 13.6. The van der Waals surface area contributed by atoms with Gasteiger partial charge < -0.3 is 0 Å². The van der Waals surface area contributed by atoms with E-state index in [-0.39, 0.29) is 18.0 Å². The standard InChI is InChI=1S/C23H22F3N3O2S2/c1-2-12-28(33(30,31)20-10-6-9-18(14-20)23(24,25)26)13-11-19-16-32-22-27-21(15-29(19)22)17-7-4-3-5-8-17/h3-10,14-16H,2,11-13H2,1H3. The Balaban J connectivity index is 1.58. The maximum absolute atomic E-state index is 13.2. The van der Waals surface area contributed by atoms with E-state index in [2.05, 4.69) is 4.98 Å². The van der Waals surface area contributed by atoms with Gasteiger partial charge in [0.05, 0.1) is 16.2 Å². The molecule has 4 aromatic rings. The molecule has 174 valence electrons. The molecule has 0 unspecified atom stereocenters. The summed E-state index contributed by atoms with van der Waals surface area (Å²) in [5.41, 5.74) is 1.72. The zero-order chi connectivity index (χ0) is 23.6. The topological polar surface area (TPSA) is 54.7 Å². The van der Waals surface area contributed by atoms with Gasteiger partial charge in [0.2, 0.25) is 10.0 Å². The van der Waals surface area contributed by atoms with Crippen molar-refractivity contribution in [2.75, 3.05) is 13.1 Å². The summed E-state index contributed by atoms with van der Waals surface area (Å²) in [6.45, 7) is 2.20. The lowest BCUT2D eigenvalue weighted by Crippen LogP contribution is -2.34. The fourth-order valence-electron chi connectivity index (χ4n) is 3.58. The highest BCUT2D eigenvalue weighted by molar-refractivity contribution is 7.89. The molecule has 2 heterocycles. The van der Waals surface area contributed by atoms with E-state index in [1.807, 2.05) is 53.2 Å². The lowest BCUT2D eigenvalue weighted by molar-refractivity contribution is -0.137. The van der Waals surface area contributed by atoms with Gasteiger partial charge in [0.15, 0.2) is 4.96 Å². The van der Waals surface area contributed by atoms with Crippen LogP contribution in [-0.4, -0.2) is 35.2 Å². The van der Waals surface area contributed by atoms with E-state index < -0.39 is 21.8 Å². The summed E-state index contributed by atoms with van der Waals surface area (Å²) in [4.78, 5) is 5.09. The third-order valence-electron chi connectivity index (χ3n) is 5.24. The average molecular weight is 494 g/mol. The van der Waals surface area contributed by atoms with Gasteiger partial charge >= 0.3 is 6.18 Å². The van der Waals surface area contributed by atoms with Gasteiger partial charge in [0.1, 0.15) is 0 Å². The van der Waals surface area contributed by atoms with E-state index in [0.717, 1.165) is 34.0 Å². The van der Waals surface area contributed by atoms with Gasteiger partial charge in [-0.2, -0.15) is 17.5 Å². The summed E-state index contributed by atoms with van der Waals surface area (Å²) in [7, 11) is -4.08. The molecule has 0 aliphatic rings. The van der Waals surface area contributed by atoms with Crippen molar-refractivity contribution in [2.24, 2.45) is 0 Å². The van der Waals surface area contributed by atoms with Crippen LogP contribution in [0.2, 0.25) is 0 Å². The van der Waals surface area contributed by atoms with Gasteiger partial charge in [0.25, 0.3) is 0 Å². The number of fused-ring (bicyclic) bond motifs is 1. The predicted octanol–water partition coefficient (Wildman–Crippen LogP) is 5.73. The number of sulfonamides is 1. The van der Waals surface area contributed by atoms with E-state index in [4.69, 9.17) is 0 Å². The van der Waals surface area contributed by atoms with Crippen LogP contribution in [0.4, 0.5) is 13.2 Å². The van der Waals surface area contributed by atoms with Crippen LogP contribution in [0.1, 0.15) is 24.6 Å². The van der Waals surface area contributed by atoms with E-state index in [0.29, 0.717) is 18.9 Å². The third kappa shape index (κ3) is 4.97. The summed E-state index contributed by atoms with van der Waals surface area (Å²) >= 11 is 1.46. The van der Waals surface area contributed by atoms with Crippen LogP contribution in [0.15, 0.2) is 71.1 Å². The minimum atomic E-state index is -4.61. The minimum absolute atomic E-state index is 0.150. The van der Waals surface area contributed by atoms with Gasteiger partial charge in [-0.1, -0.05) is 43.3 Å². The molecular formula is C23H22F3N3O2S2. The van der Waals surface area contributed by atoms with Gasteiger partial charge in [-0.15, -0.1) is 11.3 Å². The van der Waals surface area contributed by atoms with Crippen molar-refractivity contribution < 1.29 is 21.6 Å². The Morgan fingerprint density at radius 2 is 1.82 bits per heavy atom. The predicted molar refractivity (Wildman–Crippen MR) is 123 cm³/mol. The maximum Gasteiger partial charge on any atom is 0.416 e. The van der Waals surface area contributed by atoms with Gasteiger partial charge in [-0.25, -0.2) is 13.4 Å². The van der Waals surface area contributed by atoms with Crippen molar-refractivity contribution in [3.8, 4) is 11.3 Å². The highest BCUT2D eigenvalue weighted by Crippen LogP contribution is 2.31. The largest absolute Gasteiger partial charge is 0.416 e. The number of thiazole rings is 1. The van der Waals surface area contributed by atoms with Crippen LogP contribution in [0, 0.1) is 0 Å². The molecule has 0 N–H and O–H groups in total. The first kappa shape index (κ1) is 23.5. The Kier molecular flexibility index (Phi) is 6.60. The molecule has 0 aliphatic heterocycles. The molecule has 0 saturated heterocycles. The number of aromatic nitrogens is 2. The Morgan fingerprint density at radius 3 is 2.52 bits per heavy atom. The molecule has 2 aromatic heterocycles. The van der Waals surface area contributed by atoms with Crippen LogP contribution in [0.25, 0.3) is 16.2 Å². The maximum atomic E-state index is 13.2. The summed E-state index contributed by atoms with van der Waals surface area (Å²) in [6.07, 6.45) is -1.74. The molecule has 0 radical (unpaired) electrons. The van der Waals surface area contributed by atoms with Crippen LogP contribution < -0.4 is 0 Å². The molecule has 0 spiro atoms. The molecule has 0 bridgehead atoms. The fourth-order valence-corrected chi connectivity index (χ4v) is 6.07. The van der Waals surface area contributed by atoms with E-state index >= 15 is 0 Å². The smallest absolute Gasteiger partial charge is 0.294 e. The Bertz CT molecular complexity index is 1350. The fraction of sp³-hybridized carbons (Fsp3) is 0.261. The Hall–Kier alpha value is -2.69. The molecular weight excluding hydrogens is 471 g/mol. The molecule has 2 aromatic carbocycles. The van der Waals surface area contributed by atoms with Crippen molar-refractivity contribution >= 4 is 26.3 Å². The van der Waals surface area contributed by atoms with Crippen LogP contribution in [0.3, 0.4) is 0 Å². The van der Waals surface area contributed by atoms with Crippen molar-refractivity contribution in [3.63, 3.8) is 0 Å². The van der Waals surface area contributed by atoms with Crippen molar-refractivity contribution in [1.82, 2.24) is 13.7 Å². The van der Waals surface area contributed by atoms with Crippen molar-refractivity contribution in [3.05, 3.63) is 77.4 Å². The molecule has 0 aliphatic carbocycles. The summed E-state index contributed by atoms with van der Waals surface area (Å²) in [5.74, 6) is 0. The second kappa shape index (κ2) is 9.28. The SMILES string of the molecule is CCCN(CCc1csc2nc(-c3ccccc3)cn12)S(=O)(=O)c1cccc(C(F)(F)F)c1. The number of benzene rings is 2. The average Bonchev–Trinajstić information content (AvgIpc) is 3.38. The normalized spacial score (nSPS) is 12.6. The first-order valence-corrected chi connectivity index (χ1v) is 12.7. The summed E-state index contributed by atoms with van der Waals surface area (Å²) in [5, 5.41) is 1.93. The van der Waals surface area contributed by atoms with Crippen LogP contribution in [0.5, 0.6) is 0 Å². The number of halogens is 3. The van der Waals surface area contributed by atoms with Crippen molar-refractivity contribution in [1.29, 1.82) is 0 Å². The minimum Gasteiger partial charge on any atom is -0.294 e. The van der Waals surface area contributed by atoms with Gasteiger partial charge in [0, 0.05) is 42.3 Å². The number of hydrogen-bond donors (Lipinski definition) is 0. The van der Waals surface area contributed by atoms with Crippen molar-refractivity contribution in [2.45, 2.75) is 30.8 Å². The first-order chi connectivity index (χ1) is 15.7. The molecule has 0 amide bonds. The van der Waals surface area contributed by atoms with Crippen LogP contribution >= 0.6 is 11.3 Å². The Morgan fingerprint density at radius 1 is 1.06 bits per heavy atom. The second-order valence-corrected chi connectivity index (χ2v) is 10.3. The zero-order valence-electron chi connectivity index (χ0n) is 17.8. The molecule has 10 heteroatoms. The number of rotatable bonds is 8. The monoisotopic (exact) mass is 493 g/mol. The van der Waals surface area contributed by atoms with Crippen LogP contribution in [-0.2, 0) is 22.6 Å². The number of alkyl halides is 3. The van der Waals surface area contributed by atoms with Gasteiger partial charge in [-0.05, 0) is 24.6 Å². The second-order valence-electron chi connectivity index (χ2n) is 7.55. The molecule has 5 nitrogen and oxygen atoms in total. The number of hydrogen-bond acceptors (Lipinski definition) is 4. The third-order valence-corrected chi connectivity index (χ3v) is 8.03. The summed E-state index contributed by atoms with van der Waals surface area (Å²) < 4.78 is 68.8. The van der Waals surface area contributed by atoms with E-state index in [1.165, 1.54) is 21.7 Å². The first-order valence-electron chi connectivity index (χ1n) is 10.4. The molecule has 4 rings (SSSR count). The number of nitrogens with zero attached hydrogens (tertiary/aromatic N) is 3. The van der Waals surface area contributed by atoms with E-state index in [1.54, 1.807) is 0 Å². The molecule has 33 heavy (non-hydrogen) atoms. The van der Waals surface area contributed by atoms with E-state index in [9.17, 15) is 21.6 Å². The number of imidazole rings is 1.